The van der Waals surface area contributed by atoms with E-state index >= 15 is 0 Å². The van der Waals surface area contributed by atoms with Crippen molar-refractivity contribution in [2.24, 2.45) is 5.92 Å². The molecule has 144 valence electrons. The van der Waals surface area contributed by atoms with Gasteiger partial charge < -0.3 is 19.3 Å². The van der Waals surface area contributed by atoms with Gasteiger partial charge >= 0.3 is 0 Å². The normalized spacial score (nSPS) is 23.7. The molecule has 1 aromatic heterocycles. The summed E-state index contributed by atoms with van der Waals surface area (Å²) in [5.41, 5.74) is 0.797. The number of ether oxygens (including phenoxy) is 2. The molecule has 0 spiro atoms. The molecular weight excluding hydrogens is 330 g/mol. The molecule has 1 amide bonds. The predicted octanol–water partition coefficient (Wildman–Crippen LogP) is 2.87. The summed E-state index contributed by atoms with van der Waals surface area (Å²) in [5.74, 6) is 1.50. The monoisotopic (exact) mass is 361 g/mol. The molecule has 1 saturated heterocycles. The molecule has 1 aliphatic carbocycles. The molecule has 6 heteroatoms. The molecule has 2 fully saturated rings. The summed E-state index contributed by atoms with van der Waals surface area (Å²) in [7, 11) is 1.79. The molecule has 3 rings (SSSR count). The number of carbonyl (C=O) groups is 1. The van der Waals surface area contributed by atoms with E-state index in [1.54, 1.807) is 18.1 Å². The Morgan fingerprint density at radius 1 is 1.31 bits per heavy atom. The number of amides is 1. The number of nitrogens with zero attached hydrogens (tertiary/aromatic N) is 3. The lowest BCUT2D eigenvalue weighted by Gasteiger charge is -2.31. The molecular formula is C20H31N3O3. The van der Waals surface area contributed by atoms with E-state index in [9.17, 15) is 4.79 Å². The number of likely N-dealkylation sites (N-methyl/N-ethyl adjacent to an activating group) is 1. The van der Waals surface area contributed by atoms with Crippen LogP contribution in [0.4, 0.5) is 11.5 Å². The van der Waals surface area contributed by atoms with Crippen LogP contribution >= 0.6 is 0 Å². The Labute approximate surface area is 156 Å². The first-order chi connectivity index (χ1) is 12.7. The first-order valence-corrected chi connectivity index (χ1v) is 9.86. The van der Waals surface area contributed by atoms with Crippen molar-refractivity contribution < 1.29 is 14.3 Å². The van der Waals surface area contributed by atoms with E-state index in [0.717, 1.165) is 50.7 Å². The Morgan fingerprint density at radius 2 is 2.08 bits per heavy atom. The van der Waals surface area contributed by atoms with Crippen LogP contribution in [-0.4, -0.2) is 57.0 Å². The summed E-state index contributed by atoms with van der Waals surface area (Å²) >= 11 is 0. The van der Waals surface area contributed by atoms with Gasteiger partial charge in [-0.25, -0.2) is 4.98 Å². The summed E-state index contributed by atoms with van der Waals surface area (Å²) in [4.78, 5) is 20.9. The Morgan fingerprint density at radius 3 is 2.77 bits per heavy atom. The average Bonchev–Trinajstić information content (AvgIpc) is 2.72. The predicted molar refractivity (Wildman–Crippen MR) is 103 cm³/mol. The molecule has 26 heavy (non-hydrogen) atoms. The summed E-state index contributed by atoms with van der Waals surface area (Å²) in [6, 6.07) is 3.92. The second-order valence-electron chi connectivity index (χ2n) is 7.23. The van der Waals surface area contributed by atoms with Gasteiger partial charge in [0.05, 0.1) is 31.2 Å². The molecule has 0 N–H and O–H groups in total. The maximum Gasteiger partial charge on any atom is 0.252 e. The molecule has 0 radical (unpaired) electrons. The Balaban J connectivity index is 1.52. The average molecular weight is 361 g/mol. The van der Waals surface area contributed by atoms with Gasteiger partial charge in [0.1, 0.15) is 12.4 Å². The SMILES string of the molecule is CCC1CCCCC1OCC(=O)N(C)c1ccc(N2CCOCC2)nc1. The van der Waals surface area contributed by atoms with E-state index in [0.29, 0.717) is 5.92 Å². The van der Waals surface area contributed by atoms with Gasteiger partial charge in [-0.15, -0.1) is 0 Å². The minimum Gasteiger partial charge on any atom is -0.378 e. The van der Waals surface area contributed by atoms with E-state index in [1.165, 1.54) is 19.3 Å². The molecule has 1 aromatic rings. The van der Waals surface area contributed by atoms with Gasteiger partial charge in [-0.1, -0.05) is 26.2 Å². The number of morpholine rings is 1. The lowest BCUT2D eigenvalue weighted by molar-refractivity contribution is -0.127. The highest BCUT2D eigenvalue weighted by atomic mass is 16.5. The molecule has 2 atom stereocenters. The van der Waals surface area contributed by atoms with Crippen LogP contribution < -0.4 is 9.80 Å². The quantitative estimate of drug-likeness (QED) is 0.780. The topological polar surface area (TPSA) is 54.9 Å². The number of hydrogen-bond acceptors (Lipinski definition) is 5. The largest absolute Gasteiger partial charge is 0.378 e. The molecule has 2 heterocycles. The summed E-state index contributed by atoms with van der Waals surface area (Å²) in [6.07, 6.45) is 7.90. The molecule has 0 bridgehead atoms. The number of aromatic nitrogens is 1. The standard InChI is InChI=1S/C20H31N3O3/c1-3-16-6-4-5-7-18(16)26-15-20(24)22(2)17-8-9-19(21-14-17)23-10-12-25-13-11-23/h8-9,14,16,18H,3-7,10-13,15H2,1-2H3. The zero-order valence-electron chi connectivity index (χ0n) is 16.0. The molecule has 1 saturated carbocycles. The van der Waals surface area contributed by atoms with Crippen molar-refractivity contribution in [1.82, 2.24) is 4.98 Å². The maximum absolute atomic E-state index is 12.5. The Hall–Kier alpha value is -1.66. The third-order valence-corrected chi connectivity index (χ3v) is 5.61. The molecule has 1 aliphatic heterocycles. The lowest BCUT2D eigenvalue weighted by atomic mass is 9.85. The smallest absolute Gasteiger partial charge is 0.252 e. The molecule has 2 aliphatic rings. The Bertz CT molecular complexity index is 572. The van der Waals surface area contributed by atoms with Crippen LogP contribution in [0.2, 0.25) is 0 Å². The van der Waals surface area contributed by atoms with Crippen molar-refractivity contribution >= 4 is 17.4 Å². The number of carbonyl (C=O) groups excluding carboxylic acids is 1. The van der Waals surface area contributed by atoms with Gasteiger partial charge in [-0.05, 0) is 30.9 Å². The van der Waals surface area contributed by atoms with Crippen LogP contribution in [0.5, 0.6) is 0 Å². The first kappa shape index (κ1) is 19.1. The zero-order chi connectivity index (χ0) is 18.4. The highest BCUT2D eigenvalue weighted by molar-refractivity contribution is 5.93. The maximum atomic E-state index is 12.5. The van der Waals surface area contributed by atoms with Crippen LogP contribution in [0.3, 0.4) is 0 Å². The van der Waals surface area contributed by atoms with Crippen LogP contribution in [-0.2, 0) is 14.3 Å². The van der Waals surface area contributed by atoms with E-state index in [2.05, 4.69) is 16.8 Å². The summed E-state index contributed by atoms with van der Waals surface area (Å²) in [6.45, 7) is 5.53. The number of pyridine rings is 1. The number of hydrogen-bond donors (Lipinski definition) is 0. The van der Waals surface area contributed by atoms with E-state index in [1.807, 2.05) is 12.1 Å². The fourth-order valence-corrected chi connectivity index (χ4v) is 3.84. The van der Waals surface area contributed by atoms with Crippen molar-refractivity contribution in [3.63, 3.8) is 0 Å². The minimum atomic E-state index is -0.0219. The minimum absolute atomic E-state index is 0.0219. The van der Waals surface area contributed by atoms with E-state index < -0.39 is 0 Å². The van der Waals surface area contributed by atoms with Gasteiger partial charge in [-0.3, -0.25) is 4.79 Å². The third kappa shape index (κ3) is 4.74. The van der Waals surface area contributed by atoms with Crippen LogP contribution in [0.1, 0.15) is 39.0 Å². The van der Waals surface area contributed by atoms with Gasteiger partial charge in [0, 0.05) is 20.1 Å². The summed E-state index contributed by atoms with van der Waals surface area (Å²) in [5, 5.41) is 0. The van der Waals surface area contributed by atoms with Crippen molar-refractivity contribution in [3.05, 3.63) is 18.3 Å². The highest BCUT2D eigenvalue weighted by Crippen LogP contribution is 2.29. The second-order valence-corrected chi connectivity index (χ2v) is 7.23. The van der Waals surface area contributed by atoms with Gasteiger partial charge in [0.2, 0.25) is 0 Å². The van der Waals surface area contributed by atoms with Gasteiger partial charge in [0.25, 0.3) is 5.91 Å². The highest BCUT2D eigenvalue weighted by Gasteiger charge is 2.25. The third-order valence-electron chi connectivity index (χ3n) is 5.61. The number of rotatable bonds is 6. The molecule has 6 nitrogen and oxygen atoms in total. The van der Waals surface area contributed by atoms with Crippen LogP contribution in [0.15, 0.2) is 18.3 Å². The fraction of sp³-hybridized carbons (Fsp3) is 0.700. The van der Waals surface area contributed by atoms with Crippen molar-refractivity contribution in [2.45, 2.75) is 45.1 Å². The lowest BCUT2D eigenvalue weighted by Crippen LogP contribution is -2.37. The second kappa shape index (κ2) is 9.33. The molecule has 2 unspecified atom stereocenters. The summed E-state index contributed by atoms with van der Waals surface area (Å²) < 4.78 is 11.3. The fourth-order valence-electron chi connectivity index (χ4n) is 3.84. The van der Waals surface area contributed by atoms with Crippen molar-refractivity contribution in [2.75, 3.05) is 49.8 Å². The molecule has 0 aromatic carbocycles. The van der Waals surface area contributed by atoms with Crippen LogP contribution in [0, 0.1) is 5.92 Å². The van der Waals surface area contributed by atoms with Gasteiger partial charge in [-0.2, -0.15) is 0 Å². The van der Waals surface area contributed by atoms with Crippen molar-refractivity contribution in [3.8, 4) is 0 Å². The number of anilines is 2. The van der Waals surface area contributed by atoms with E-state index in [-0.39, 0.29) is 18.6 Å². The van der Waals surface area contributed by atoms with Gasteiger partial charge in [0.15, 0.2) is 0 Å². The first-order valence-electron chi connectivity index (χ1n) is 9.86. The Kier molecular flexibility index (Phi) is 6.86. The zero-order valence-corrected chi connectivity index (χ0v) is 16.0. The van der Waals surface area contributed by atoms with E-state index in [4.69, 9.17) is 9.47 Å². The van der Waals surface area contributed by atoms with Crippen LogP contribution in [0.25, 0.3) is 0 Å². The van der Waals surface area contributed by atoms with Crippen molar-refractivity contribution in [1.29, 1.82) is 0 Å².